The van der Waals surface area contributed by atoms with Crippen LogP contribution in [0, 0.1) is 6.92 Å². The summed E-state index contributed by atoms with van der Waals surface area (Å²) in [6.45, 7) is 3.35. The van der Waals surface area contributed by atoms with Crippen molar-refractivity contribution in [1.29, 1.82) is 0 Å². The molecular weight excluding hydrogens is 332 g/mol. The van der Waals surface area contributed by atoms with Gasteiger partial charge in [-0.05, 0) is 31.9 Å². The molecule has 1 fully saturated rings. The molecule has 4 aromatic heterocycles. The fraction of sp³-hybridized carbons (Fsp3) is 0.375. The van der Waals surface area contributed by atoms with Crippen molar-refractivity contribution in [2.45, 2.75) is 25.7 Å². The summed E-state index contributed by atoms with van der Waals surface area (Å²) in [6, 6.07) is 5.81. The summed E-state index contributed by atoms with van der Waals surface area (Å²) in [5.74, 6) is 3.73. The Morgan fingerprint density at radius 3 is 2.88 bits per heavy atom. The van der Waals surface area contributed by atoms with Crippen LogP contribution in [-0.4, -0.2) is 52.5 Å². The fourth-order valence-corrected chi connectivity index (χ4v) is 2.93. The molecule has 4 aromatic rings. The van der Waals surface area contributed by atoms with Crippen molar-refractivity contribution in [3.63, 3.8) is 0 Å². The Morgan fingerprint density at radius 1 is 1.12 bits per heavy atom. The summed E-state index contributed by atoms with van der Waals surface area (Å²) >= 11 is 0. The number of nitrogens with zero attached hydrogens (tertiary/aromatic N) is 8. The fourth-order valence-electron chi connectivity index (χ4n) is 2.93. The molecule has 0 unspecified atom stereocenters. The van der Waals surface area contributed by atoms with Gasteiger partial charge < -0.3 is 10.6 Å². The van der Waals surface area contributed by atoms with E-state index in [1.165, 1.54) is 19.2 Å². The second-order valence-electron chi connectivity index (χ2n) is 6.43. The van der Waals surface area contributed by atoms with Gasteiger partial charge in [0.25, 0.3) is 5.78 Å². The Morgan fingerprint density at radius 2 is 2.00 bits per heavy atom. The number of rotatable bonds is 6. The van der Waals surface area contributed by atoms with E-state index >= 15 is 0 Å². The van der Waals surface area contributed by atoms with Crippen molar-refractivity contribution in [3.8, 4) is 0 Å². The Kier molecular flexibility index (Phi) is 3.40. The summed E-state index contributed by atoms with van der Waals surface area (Å²) in [7, 11) is 0. The highest BCUT2D eigenvalue weighted by molar-refractivity contribution is 5.46. The molecule has 10 heteroatoms. The van der Waals surface area contributed by atoms with E-state index < -0.39 is 0 Å². The normalized spacial score (nSPS) is 14.2. The van der Waals surface area contributed by atoms with Crippen LogP contribution in [0.2, 0.25) is 0 Å². The van der Waals surface area contributed by atoms with Gasteiger partial charge in [-0.1, -0.05) is 0 Å². The molecule has 4 heterocycles. The van der Waals surface area contributed by atoms with Gasteiger partial charge in [0.05, 0.1) is 0 Å². The predicted molar refractivity (Wildman–Crippen MR) is 95.3 cm³/mol. The van der Waals surface area contributed by atoms with Gasteiger partial charge in [-0.2, -0.15) is 19.1 Å². The lowest BCUT2D eigenvalue weighted by Crippen LogP contribution is -2.17. The number of nitrogens with one attached hydrogen (secondary N) is 2. The van der Waals surface area contributed by atoms with E-state index in [1.54, 1.807) is 4.52 Å². The quantitative estimate of drug-likeness (QED) is 0.500. The minimum Gasteiger partial charge on any atom is -0.368 e. The third-order valence-electron chi connectivity index (χ3n) is 4.35. The molecule has 0 spiro atoms. The van der Waals surface area contributed by atoms with Crippen molar-refractivity contribution < 1.29 is 0 Å². The van der Waals surface area contributed by atoms with Crippen molar-refractivity contribution in [2.24, 2.45) is 0 Å². The molecule has 1 saturated carbocycles. The van der Waals surface area contributed by atoms with Crippen LogP contribution < -0.4 is 10.6 Å². The van der Waals surface area contributed by atoms with E-state index in [-0.39, 0.29) is 0 Å². The van der Waals surface area contributed by atoms with Crippen LogP contribution in [0.3, 0.4) is 0 Å². The third-order valence-corrected chi connectivity index (χ3v) is 4.35. The molecule has 5 rings (SSSR count). The smallest absolute Gasteiger partial charge is 0.254 e. The van der Waals surface area contributed by atoms with E-state index in [1.807, 2.05) is 29.6 Å². The summed E-state index contributed by atoms with van der Waals surface area (Å²) in [5, 5.41) is 23.9. The maximum atomic E-state index is 4.61. The second kappa shape index (κ2) is 5.90. The first-order valence-electron chi connectivity index (χ1n) is 8.65. The van der Waals surface area contributed by atoms with Gasteiger partial charge in [0.15, 0.2) is 11.5 Å². The minimum atomic E-state index is 0.509. The van der Waals surface area contributed by atoms with Gasteiger partial charge in [0, 0.05) is 30.8 Å². The van der Waals surface area contributed by atoms with Gasteiger partial charge in [0.2, 0.25) is 0 Å². The highest BCUT2D eigenvalue weighted by Crippen LogP contribution is 2.38. The highest BCUT2D eigenvalue weighted by atomic mass is 15.4. The first-order valence-corrected chi connectivity index (χ1v) is 8.65. The zero-order valence-corrected chi connectivity index (χ0v) is 14.3. The monoisotopic (exact) mass is 350 g/mol. The van der Waals surface area contributed by atoms with Gasteiger partial charge in [-0.15, -0.1) is 15.3 Å². The molecule has 26 heavy (non-hydrogen) atoms. The molecule has 0 amide bonds. The molecule has 0 saturated heterocycles. The first kappa shape index (κ1) is 15.0. The first-order chi connectivity index (χ1) is 12.8. The number of anilines is 2. The molecule has 0 aromatic carbocycles. The lowest BCUT2D eigenvalue weighted by molar-refractivity contribution is 0.814. The molecule has 0 aliphatic heterocycles. The lowest BCUT2D eigenvalue weighted by Gasteiger charge is -2.10. The molecule has 0 radical (unpaired) electrons. The number of hydrogen-bond acceptors (Lipinski definition) is 8. The van der Waals surface area contributed by atoms with Crippen LogP contribution in [0.4, 0.5) is 11.6 Å². The summed E-state index contributed by atoms with van der Waals surface area (Å²) in [4.78, 5) is 8.46. The topological polar surface area (TPSA) is 110 Å². The number of hydrogen-bond donors (Lipinski definition) is 2. The number of aromatic nitrogens is 8. The number of aryl methyl sites for hydroxylation is 1. The zero-order valence-electron chi connectivity index (χ0n) is 14.3. The highest BCUT2D eigenvalue weighted by Gasteiger charge is 2.29. The molecule has 132 valence electrons. The molecule has 1 aliphatic rings. The van der Waals surface area contributed by atoms with E-state index in [9.17, 15) is 0 Å². The molecule has 0 bridgehead atoms. The molecule has 1 aliphatic carbocycles. The zero-order chi connectivity index (χ0) is 17.5. The van der Waals surface area contributed by atoms with E-state index in [0.717, 1.165) is 28.8 Å². The van der Waals surface area contributed by atoms with Gasteiger partial charge in [-0.3, -0.25) is 0 Å². The molecule has 0 atom stereocenters. The van der Waals surface area contributed by atoms with Crippen LogP contribution in [0.5, 0.6) is 0 Å². The van der Waals surface area contributed by atoms with Gasteiger partial charge >= 0.3 is 0 Å². The Hall–Kier alpha value is -3.30. The third kappa shape index (κ3) is 2.68. The summed E-state index contributed by atoms with van der Waals surface area (Å²) < 4.78 is 3.54. The van der Waals surface area contributed by atoms with Crippen molar-refractivity contribution in [2.75, 3.05) is 23.7 Å². The van der Waals surface area contributed by atoms with Crippen molar-refractivity contribution in [1.82, 2.24) is 39.4 Å². The van der Waals surface area contributed by atoms with Gasteiger partial charge in [0.1, 0.15) is 18.0 Å². The van der Waals surface area contributed by atoms with Crippen molar-refractivity contribution >= 4 is 23.1 Å². The molecular formula is C16H18N10. The summed E-state index contributed by atoms with van der Waals surface area (Å²) in [5.41, 5.74) is 1.68. The standard InChI is InChI=1S/C16H18N10/c1-10-8-14(26-16(21-10)19-9-20-26)18-7-6-17-12-4-5-13-22-23-15(11-2-3-11)25(13)24-12/h4-5,8-9,11,18H,2-3,6-7H2,1H3,(H,17,24). The average Bonchev–Trinajstić information content (AvgIpc) is 3.22. The predicted octanol–water partition coefficient (Wildman–Crippen LogP) is 1.27. The average molecular weight is 350 g/mol. The van der Waals surface area contributed by atoms with E-state index in [0.29, 0.717) is 24.8 Å². The SMILES string of the molecule is Cc1cc(NCCNc2ccc3nnc(C4CC4)n3n2)n2ncnc2n1. The minimum absolute atomic E-state index is 0.509. The van der Waals surface area contributed by atoms with Gasteiger partial charge in [-0.25, -0.2) is 4.98 Å². The Labute approximate surface area is 148 Å². The molecule has 2 N–H and O–H groups in total. The Balaban J connectivity index is 1.26. The van der Waals surface area contributed by atoms with E-state index in [4.69, 9.17) is 0 Å². The van der Waals surface area contributed by atoms with Crippen LogP contribution in [0.25, 0.3) is 11.4 Å². The van der Waals surface area contributed by atoms with Crippen LogP contribution >= 0.6 is 0 Å². The Bertz CT molecular complexity index is 1080. The van der Waals surface area contributed by atoms with Crippen molar-refractivity contribution in [3.05, 3.63) is 36.0 Å². The van der Waals surface area contributed by atoms with Crippen LogP contribution in [0.1, 0.15) is 30.3 Å². The molecule has 10 nitrogen and oxygen atoms in total. The van der Waals surface area contributed by atoms with E-state index in [2.05, 4.69) is 41.0 Å². The van der Waals surface area contributed by atoms with Crippen LogP contribution in [0.15, 0.2) is 24.5 Å². The number of fused-ring (bicyclic) bond motifs is 2. The second-order valence-corrected chi connectivity index (χ2v) is 6.43. The maximum Gasteiger partial charge on any atom is 0.254 e. The van der Waals surface area contributed by atoms with Crippen LogP contribution in [-0.2, 0) is 0 Å². The maximum absolute atomic E-state index is 4.61. The summed E-state index contributed by atoms with van der Waals surface area (Å²) in [6.07, 6.45) is 3.85. The lowest BCUT2D eigenvalue weighted by atomic mass is 10.4. The largest absolute Gasteiger partial charge is 0.368 e.